The molecule has 0 bridgehead atoms. The number of pyridine rings is 1. The van der Waals surface area contributed by atoms with Crippen molar-refractivity contribution in [2.75, 3.05) is 0 Å². The van der Waals surface area contributed by atoms with Crippen molar-refractivity contribution in [3.05, 3.63) is 59.7 Å². The largest absolute Gasteiger partial charge is 0.296 e. The lowest BCUT2D eigenvalue weighted by Crippen LogP contribution is -2.16. The first kappa shape index (κ1) is 10.4. The number of nitrogens with zero attached hydrogens (tertiary/aromatic N) is 4. The summed E-state index contributed by atoms with van der Waals surface area (Å²) in [6.45, 7) is 0. The van der Waals surface area contributed by atoms with Gasteiger partial charge in [-0.15, -0.1) is 0 Å². The summed E-state index contributed by atoms with van der Waals surface area (Å²) >= 11 is 0. The molecule has 0 aromatic carbocycles. The van der Waals surface area contributed by atoms with Crippen LogP contribution in [0.4, 0.5) is 0 Å². The summed E-state index contributed by atoms with van der Waals surface area (Å²) in [7, 11) is 0. The summed E-state index contributed by atoms with van der Waals surface area (Å²) in [6.07, 6.45) is 7.93. The molecule has 88 valence electrons. The summed E-state index contributed by atoms with van der Waals surface area (Å²) in [5.41, 5.74) is 1.16. The normalized spacial score (nSPS) is 10.4. The van der Waals surface area contributed by atoms with Crippen molar-refractivity contribution in [1.29, 1.82) is 0 Å². The average Bonchev–Trinajstić information content (AvgIpc) is 2.83. The van der Waals surface area contributed by atoms with E-state index >= 15 is 0 Å². The summed E-state index contributed by atoms with van der Waals surface area (Å²) in [5, 5.41) is 2.87. The molecule has 0 fully saturated rings. The zero-order chi connectivity index (χ0) is 12.4. The Bertz CT molecular complexity index is 642. The third kappa shape index (κ3) is 1.69. The van der Waals surface area contributed by atoms with Crippen LogP contribution in [0.3, 0.4) is 0 Å². The molecule has 0 saturated heterocycles. The quantitative estimate of drug-likeness (QED) is 0.724. The highest BCUT2D eigenvalue weighted by molar-refractivity contribution is 5.60. The minimum absolute atomic E-state index is 0.165. The van der Waals surface area contributed by atoms with Crippen LogP contribution in [-0.2, 0) is 0 Å². The van der Waals surface area contributed by atoms with Gasteiger partial charge in [0.05, 0.1) is 5.56 Å². The van der Waals surface area contributed by atoms with Crippen LogP contribution in [0.5, 0.6) is 0 Å². The number of hydrogen-bond donors (Lipinski definition) is 1. The molecule has 3 rings (SSSR count). The lowest BCUT2D eigenvalue weighted by atomic mass is 10.2. The van der Waals surface area contributed by atoms with Crippen LogP contribution in [0.25, 0.3) is 16.9 Å². The maximum absolute atomic E-state index is 12.2. The summed E-state index contributed by atoms with van der Waals surface area (Å²) in [6, 6.07) is 5.28. The molecule has 0 amide bonds. The van der Waals surface area contributed by atoms with Gasteiger partial charge >= 0.3 is 0 Å². The fourth-order valence-corrected chi connectivity index (χ4v) is 1.68. The van der Waals surface area contributed by atoms with E-state index in [1.165, 1.54) is 11.0 Å². The average molecular weight is 239 g/mol. The van der Waals surface area contributed by atoms with E-state index < -0.39 is 0 Å². The minimum Gasteiger partial charge on any atom is -0.296 e. The predicted molar refractivity (Wildman–Crippen MR) is 65.2 cm³/mol. The number of aromatic amines is 1. The van der Waals surface area contributed by atoms with Gasteiger partial charge in [0.2, 0.25) is 0 Å². The van der Waals surface area contributed by atoms with Gasteiger partial charge in [0.15, 0.2) is 5.82 Å². The highest BCUT2D eigenvalue weighted by Gasteiger charge is 2.10. The van der Waals surface area contributed by atoms with E-state index in [2.05, 4.69) is 20.1 Å². The predicted octanol–water partition coefficient (Wildman–Crippen LogP) is 1.02. The van der Waals surface area contributed by atoms with Gasteiger partial charge in [-0.05, 0) is 6.07 Å². The van der Waals surface area contributed by atoms with Crippen LogP contribution in [0.1, 0.15) is 0 Å². The minimum atomic E-state index is -0.165. The molecule has 3 aromatic heterocycles. The number of aromatic nitrogens is 5. The molecule has 6 heteroatoms. The van der Waals surface area contributed by atoms with E-state index in [9.17, 15) is 4.79 Å². The molecule has 0 unspecified atom stereocenters. The van der Waals surface area contributed by atoms with Crippen molar-refractivity contribution in [1.82, 2.24) is 24.7 Å². The number of rotatable bonds is 2. The van der Waals surface area contributed by atoms with Gasteiger partial charge in [0, 0.05) is 36.4 Å². The van der Waals surface area contributed by atoms with Crippen molar-refractivity contribution in [2.45, 2.75) is 0 Å². The molecule has 0 aliphatic heterocycles. The third-order valence-electron chi connectivity index (χ3n) is 2.54. The zero-order valence-corrected chi connectivity index (χ0v) is 9.32. The molecular formula is C12H9N5O. The Morgan fingerprint density at radius 3 is 2.83 bits per heavy atom. The molecule has 0 radical (unpaired) electrons. The Hall–Kier alpha value is -2.76. The van der Waals surface area contributed by atoms with Gasteiger partial charge in [0.1, 0.15) is 6.33 Å². The Labute approximate surface area is 102 Å². The van der Waals surface area contributed by atoms with E-state index in [4.69, 9.17) is 0 Å². The second kappa shape index (κ2) is 4.25. The second-order valence-electron chi connectivity index (χ2n) is 3.64. The Kier molecular flexibility index (Phi) is 2.45. The molecule has 6 nitrogen and oxygen atoms in total. The lowest BCUT2D eigenvalue weighted by Gasteiger charge is -1.97. The maximum Gasteiger partial charge on any atom is 0.280 e. The molecule has 0 saturated carbocycles. The number of nitrogens with one attached hydrogen (secondary N) is 1. The van der Waals surface area contributed by atoms with Crippen LogP contribution in [0.2, 0.25) is 0 Å². The van der Waals surface area contributed by atoms with Crippen LogP contribution >= 0.6 is 0 Å². The van der Waals surface area contributed by atoms with E-state index in [-0.39, 0.29) is 5.56 Å². The maximum atomic E-state index is 12.2. The zero-order valence-electron chi connectivity index (χ0n) is 9.32. The number of H-pyrrole nitrogens is 1. The fraction of sp³-hybridized carbons (Fsp3) is 0. The van der Waals surface area contributed by atoms with Crippen LogP contribution in [0, 0.1) is 0 Å². The summed E-state index contributed by atoms with van der Waals surface area (Å²) < 4.78 is 1.37. The molecule has 0 atom stereocenters. The first-order chi connectivity index (χ1) is 8.86. The van der Waals surface area contributed by atoms with Gasteiger partial charge in [-0.1, -0.05) is 6.07 Å². The smallest absolute Gasteiger partial charge is 0.280 e. The lowest BCUT2D eigenvalue weighted by molar-refractivity contribution is 0.813. The Balaban J connectivity index is 2.12. The van der Waals surface area contributed by atoms with Gasteiger partial charge in [-0.2, -0.15) is 0 Å². The SMILES string of the molecule is O=c1c(-c2cccnc2)c[nH]n1-c1ccncn1. The van der Waals surface area contributed by atoms with E-state index in [1.54, 1.807) is 36.9 Å². The topological polar surface area (TPSA) is 76.5 Å². The van der Waals surface area contributed by atoms with E-state index in [1.807, 2.05) is 6.07 Å². The third-order valence-corrected chi connectivity index (χ3v) is 2.54. The first-order valence-corrected chi connectivity index (χ1v) is 5.33. The molecule has 3 aromatic rings. The monoisotopic (exact) mass is 239 g/mol. The van der Waals surface area contributed by atoms with Crippen LogP contribution < -0.4 is 5.56 Å². The van der Waals surface area contributed by atoms with E-state index in [0.29, 0.717) is 11.4 Å². The molecule has 1 N–H and O–H groups in total. The van der Waals surface area contributed by atoms with Gasteiger partial charge in [-0.25, -0.2) is 14.6 Å². The molecule has 0 spiro atoms. The van der Waals surface area contributed by atoms with Crippen molar-refractivity contribution in [3.63, 3.8) is 0 Å². The standard InChI is InChI=1S/C12H9N5O/c18-12-10(9-2-1-4-13-6-9)7-16-17(12)11-3-5-14-8-15-11/h1-8,16H. The molecule has 0 aliphatic carbocycles. The van der Waals surface area contributed by atoms with Gasteiger partial charge in [-0.3, -0.25) is 14.9 Å². The molecular weight excluding hydrogens is 230 g/mol. The Morgan fingerprint density at radius 2 is 2.11 bits per heavy atom. The highest BCUT2D eigenvalue weighted by atomic mass is 16.1. The summed E-state index contributed by atoms with van der Waals surface area (Å²) in [4.78, 5) is 24.0. The van der Waals surface area contributed by atoms with Gasteiger partial charge < -0.3 is 0 Å². The second-order valence-corrected chi connectivity index (χ2v) is 3.64. The highest BCUT2D eigenvalue weighted by Crippen LogP contribution is 2.12. The molecule has 0 aliphatic rings. The molecule has 3 heterocycles. The van der Waals surface area contributed by atoms with Crippen molar-refractivity contribution in [2.24, 2.45) is 0 Å². The van der Waals surface area contributed by atoms with Crippen molar-refractivity contribution in [3.8, 4) is 16.9 Å². The van der Waals surface area contributed by atoms with Crippen molar-refractivity contribution >= 4 is 0 Å². The first-order valence-electron chi connectivity index (χ1n) is 5.33. The van der Waals surface area contributed by atoms with Crippen LogP contribution in [0.15, 0.2) is 54.1 Å². The van der Waals surface area contributed by atoms with Gasteiger partial charge in [0.25, 0.3) is 5.56 Å². The molecule has 18 heavy (non-hydrogen) atoms. The van der Waals surface area contributed by atoms with Crippen LogP contribution in [-0.4, -0.2) is 24.7 Å². The Morgan fingerprint density at radius 1 is 1.17 bits per heavy atom. The van der Waals surface area contributed by atoms with Crippen molar-refractivity contribution < 1.29 is 0 Å². The number of hydrogen-bond acceptors (Lipinski definition) is 4. The fourth-order valence-electron chi connectivity index (χ4n) is 1.68. The van der Waals surface area contributed by atoms with E-state index in [0.717, 1.165) is 5.56 Å². The summed E-state index contributed by atoms with van der Waals surface area (Å²) in [5.74, 6) is 0.505.